The highest BCUT2D eigenvalue weighted by molar-refractivity contribution is 5.85. The Morgan fingerprint density at radius 2 is 1.79 bits per heavy atom. The zero-order valence-electron chi connectivity index (χ0n) is 19.2. The lowest BCUT2D eigenvalue weighted by Crippen LogP contribution is -2.36. The molecule has 0 saturated heterocycles. The molecule has 0 bridgehead atoms. The van der Waals surface area contributed by atoms with Crippen LogP contribution in [-0.4, -0.2) is 37.6 Å². The molecule has 6 nitrogen and oxygen atoms in total. The van der Waals surface area contributed by atoms with Crippen LogP contribution in [0.2, 0.25) is 0 Å². The molecule has 2 aromatic carbocycles. The predicted molar refractivity (Wildman–Crippen MR) is 133 cm³/mol. The number of ether oxygens (including phenoxy) is 1. The van der Waals surface area contributed by atoms with Crippen LogP contribution >= 0.6 is 0 Å². The number of hydrogen-bond acceptors (Lipinski definition) is 4. The van der Waals surface area contributed by atoms with Gasteiger partial charge in [0.25, 0.3) is 0 Å². The van der Waals surface area contributed by atoms with Crippen molar-refractivity contribution in [1.29, 1.82) is 0 Å². The molecule has 0 saturated carbocycles. The van der Waals surface area contributed by atoms with Crippen molar-refractivity contribution in [2.24, 2.45) is 0 Å². The van der Waals surface area contributed by atoms with Crippen LogP contribution in [0.25, 0.3) is 16.9 Å². The summed E-state index contributed by atoms with van der Waals surface area (Å²) in [5.74, 6) is 1.60. The molecule has 0 spiro atoms. The van der Waals surface area contributed by atoms with Crippen LogP contribution in [0.4, 0.5) is 0 Å². The van der Waals surface area contributed by atoms with Gasteiger partial charge in [0, 0.05) is 54.0 Å². The standard InChI is InChI=1S/C28H27N5O/c1-2-34-22-12-10-20(11-13-22)27-26-24(23-8-3-4-9-25(23)31-26)14-18-32(27)19-21-7-5-17-33(21)28-29-15-6-16-30-28/h3-13,15-17,27,31H,2,14,18-19H2,1H3/t27-/m1/s1. The molecule has 34 heavy (non-hydrogen) atoms. The van der Waals surface area contributed by atoms with Gasteiger partial charge in [-0.1, -0.05) is 30.3 Å². The quantitative estimate of drug-likeness (QED) is 0.382. The van der Waals surface area contributed by atoms with Crippen LogP contribution in [0.5, 0.6) is 5.75 Å². The second-order valence-corrected chi connectivity index (χ2v) is 8.61. The molecule has 0 aliphatic carbocycles. The minimum Gasteiger partial charge on any atom is -0.494 e. The molecule has 1 aliphatic rings. The van der Waals surface area contributed by atoms with Crippen LogP contribution in [0.1, 0.15) is 35.5 Å². The molecule has 170 valence electrons. The summed E-state index contributed by atoms with van der Waals surface area (Å²) in [7, 11) is 0. The number of para-hydroxylation sites is 1. The van der Waals surface area contributed by atoms with Crippen molar-refractivity contribution in [3.05, 3.63) is 108 Å². The lowest BCUT2D eigenvalue weighted by Gasteiger charge is -2.36. The lowest BCUT2D eigenvalue weighted by atomic mass is 9.92. The van der Waals surface area contributed by atoms with Crippen molar-refractivity contribution in [2.45, 2.75) is 25.9 Å². The van der Waals surface area contributed by atoms with Crippen molar-refractivity contribution >= 4 is 10.9 Å². The third kappa shape index (κ3) is 3.66. The maximum atomic E-state index is 5.70. The van der Waals surface area contributed by atoms with E-state index in [1.807, 2.05) is 19.2 Å². The van der Waals surface area contributed by atoms with E-state index in [1.165, 1.54) is 33.4 Å². The van der Waals surface area contributed by atoms with Crippen LogP contribution in [0.3, 0.4) is 0 Å². The number of aromatic amines is 1. The van der Waals surface area contributed by atoms with Crippen LogP contribution in [0.15, 0.2) is 85.3 Å². The highest BCUT2D eigenvalue weighted by Gasteiger charge is 2.32. The van der Waals surface area contributed by atoms with E-state index in [9.17, 15) is 0 Å². The second kappa shape index (κ2) is 8.80. The number of rotatable bonds is 6. The van der Waals surface area contributed by atoms with Gasteiger partial charge in [-0.05, 0) is 60.9 Å². The van der Waals surface area contributed by atoms with E-state index >= 15 is 0 Å². The van der Waals surface area contributed by atoms with Gasteiger partial charge in [0.05, 0.1) is 12.6 Å². The Bertz CT molecular complexity index is 1400. The van der Waals surface area contributed by atoms with E-state index in [1.54, 1.807) is 12.4 Å². The van der Waals surface area contributed by atoms with Crippen LogP contribution < -0.4 is 4.74 Å². The summed E-state index contributed by atoms with van der Waals surface area (Å²) in [5, 5.41) is 1.33. The lowest BCUT2D eigenvalue weighted by molar-refractivity contribution is 0.198. The Balaban J connectivity index is 1.41. The Morgan fingerprint density at radius 3 is 2.62 bits per heavy atom. The summed E-state index contributed by atoms with van der Waals surface area (Å²) < 4.78 is 7.78. The fourth-order valence-electron chi connectivity index (χ4n) is 5.12. The molecular formula is C28H27N5O. The van der Waals surface area contributed by atoms with Gasteiger partial charge < -0.3 is 9.72 Å². The SMILES string of the molecule is CCOc1ccc([C@@H]2c3[nH]c4ccccc4c3CCN2Cc2cccn2-c2ncccn2)cc1. The summed E-state index contributed by atoms with van der Waals surface area (Å²) in [5.41, 5.74) is 6.33. The zero-order valence-corrected chi connectivity index (χ0v) is 19.2. The van der Waals surface area contributed by atoms with Gasteiger partial charge in [0.1, 0.15) is 5.75 Å². The smallest absolute Gasteiger partial charge is 0.233 e. The van der Waals surface area contributed by atoms with E-state index in [2.05, 4.69) is 85.1 Å². The summed E-state index contributed by atoms with van der Waals surface area (Å²) in [4.78, 5) is 15.2. The third-order valence-electron chi connectivity index (χ3n) is 6.61. The molecule has 0 radical (unpaired) electrons. The first-order valence-electron chi connectivity index (χ1n) is 11.8. The monoisotopic (exact) mass is 449 g/mol. The third-order valence-corrected chi connectivity index (χ3v) is 6.61. The minimum absolute atomic E-state index is 0.117. The maximum Gasteiger partial charge on any atom is 0.233 e. The van der Waals surface area contributed by atoms with Crippen molar-refractivity contribution in [2.75, 3.05) is 13.2 Å². The van der Waals surface area contributed by atoms with E-state index in [0.29, 0.717) is 12.6 Å². The second-order valence-electron chi connectivity index (χ2n) is 8.61. The van der Waals surface area contributed by atoms with Gasteiger partial charge in [-0.25, -0.2) is 9.97 Å². The predicted octanol–water partition coefficient (Wildman–Crippen LogP) is 5.30. The highest BCUT2D eigenvalue weighted by Crippen LogP contribution is 2.39. The van der Waals surface area contributed by atoms with Crippen LogP contribution in [0, 0.1) is 0 Å². The van der Waals surface area contributed by atoms with E-state index in [4.69, 9.17) is 4.74 Å². The Labute approximate surface area is 198 Å². The first-order chi connectivity index (χ1) is 16.8. The van der Waals surface area contributed by atoms with Crippen molar-refractivity contribution in [3.8, 4) is 11.7 Å². The fraction of sp³-hybridized carbons (Fsp3) is 0.214. The first-order valence-corrected chi connectivity index (χ1v) is 11.8. The number of fused-ring (bicyclic) bond motifs is 3. The summed E-state index contributed by atoms with van der Waals surface area (Å²) in [6, 6.07) is 23.4. The minimum atomic E-state index is 0.117. The van der Waals surface area contributed by atoms with E-state index in [0.717, 1.165) is 25.3 Å². The Morgan fingerprint density at radius 1 is 0.971 bits per heavy atom. The summed E-state index contributed by atoms with van der Waals surface area (Å²) in [6.45, 7) is 4.43. The number of benzene rings is 2. The number of nitrogens with one attached hydrogen (secondary N) is 1. The summed E-state index contributed by atoms with van der Waals surface area (Å²) in [6.07, 6.45) is 6.61. The fourth-order valence-corrected chi connectivity index (χ4v) is 5.12. The van der Waals surface area contributed by atoms with E-state index < -0.39 is 0 Å². The number of aromatic nitrogens is 4. The number of nitrogens with zero attached hydrogens (tertiary/aromatic N) is 4. The molecule has 6 heteroatoms. The van der Waals surface area contributed by atoms with Gasteiger partial charge >= 0.3 is 0 Å². The van der Waals surface area contributed by atoms with Crippen molar-refractivity contribution < 1.29 is 4.74 Å². The molecular weight excluding hydrogens is 422 g/mol. The zero-order chi connectivity index (χ0) is 22.9. The molecule has 0 fully saturated rings. The molecule has 4 heterocycles. The van der Waals surface area contributed by atoms with E-state index in [-0.39, 0.29) is 6.04 Å². The first kappa shape index (κ1) is 20.7. The molecule has 1 atom stereocenters. The Kier molecular flexibility index (Phi) is 5.35. The summed E-state index contributed by atoms with van der Waals surface area (Å²) >= 11 is 0. The van der Waals surface area contributed by atoms with Crippen molar-refractivity contribution in [1.82, 2.24) is 24.4 Å². The number of H-pyrrole nitrogens is 1. The average Bonchev–Trinajstić information content (AvgIpc) is 3.50. The molecule has 0 unspecified atom stereocenters. The van der Waals surface area contributed by atoms with Gasteiger partial charge in [-0.2, -0.15) is 0 Å². The van der Waals surface area contributed by atoms with Gasteiger partial charge in [0.15, 0.2) is 0 Å². The van der Waals surface area contributed by atoms with Gasteiger partial charge in [-0.15, -0.1) is 0 Å². The largest absolute Gasteiger partial charge is 0.494 e. The van der Waals surface area contributed by atoms with Gasteiger partial charge in [0.2, 0.25) is 5.95 Å². The van der Waals surface area contributed by atoms with Gasteiger partial charge in [-0.3, -0.25) is 9.47 Å². The topological polar surface area (TPSA) is 59.0 Å². The highest BCUT2D eigenvalue weighted by atomic mass is 16.5. The van der Waals surface area contributed by atoms with Crippen LogP contribution in [-0.2, 0) is 13.0 Å². The molecule has 1 aliphatic heterocycles. The molecule has 1 N–H and O–H groups in total. The molecule has 6 rings (SSSR count). The molecule has 0 amide bonds. The maximum absolute atomic E-state index is 5.70. The average molecular weight is 450 g/mol. The molecule has 3 aromatic heterocycles. The molecule has 5 aromatic rings. The normalized spacial score (nSPS) is 16.0. The number of hydrogen-bond donors (Lipinski definition) is 1. The van der Waals surface area contributed by atoms with Crippen molar-refractivity contribution in [3.63, 3.8) is 0 Å². The Hall–Kier alpha value is -3.90.